The predicted molar refractivity (Wildman–Crippen MR) is 61.2 cm³/mol. The zero-order valence-corrected chi connectivity index (χ0v) is 9.49. The van der Waals surface area contributed by atoms with Gasteiger partial charge in [-0.1, -0.05) is 18.3 Å². The fourth-order valence-electron chi connectivity index (χ4n) is 1.46. The number of amides is 1. The summed E-state index contributed by atoms with van der Waals surface area (Å²) >= 11 is 5.09. The number of hydrogen-bond acceptors (Lipinski definition) is 2. The Kier molecular flexibility index (Phi) is 4.07. The van der Waals surface area contributed by atoms with Gasteiger partial charge in [0.1, 0.15) is 4.99 Å². The number of nitrogens with zero attached hydrogens (tertiary/aromatic N) is 1. The second kappa shape index (κ2) is 5.10. The van der Waals surface area contributed by atoms with Gasteiger partial charge >= 0.3 is 0 Å². The second-order valence-corrected chi connectivity index (χ2v) is 3.55. The molecule has 1 aliphatic heterocycles. The Balaban J connectivity index is 2.76. The summed E-state index contributed by atoms with van der Waals surface area (Å²) in [4.78, 5) is 14.3. The van der Waals surface area contributed by atoms with Gasteiger partial charge in [-0.2, -0.15) is 0 Å². The maximum absolute atomic E-state index is 11.9. The van der Waals surface area contributed by atoms with E-state index >= 15 is 0 Å². The van der Waals surface area contributed by atoms with Gasteiger partial charge in [-0.3, -0.25) is 4.79 Å². The average Bonchev–Trinajstić information content (AvgIpc) is 2.20. The molecule has 14 heavy (non-hydrogen) atoms. The molecular formula is C10H16N2OS. The first-order valence-electron chi connectivity index (χ1n) is 4.98. The van der Waals surface area contributed by atoms with Crippen molar-refractivity contribution in [2.24, 2.45) is 0 Å². The van der Waals surface area contributed by atoms with E-state index in [4.69, 9.17) is 12.2 Å². The van der Waals surface area contributed by atoms with Crippen molar-refractivity contribution in [3.05, 3.63) is 11.6 Å². The molecule has 4 heteroatoms. The van der Waals surface area contributed by atoms with Crippen LogP contribution in [0.25, 0.3) is 0 Å². The van der Waals surface area contributed by atoms with Crippen LogP contribution >= 0.6 is 12.2 Å². The molecule has 0 radical (unpaired) electrons. The van der Waals surface area contributed by atoms with E-state index in [1.54, 1.807) is 4.90 Å². The van der Waals surface area contributed by atoms with E-state index < -0.39 is 0 Å². The van der Waals surface area contributed by atoms with Gasteiger partial charge in [0.15, 0.2) is 0 Å². The van der Waals surface area contributed by atoms with Crippen molar-refractivity contribution in [2.75, 3.05) is 19.6 Å². The van der Waals surface area contributed by atoms with Crippen molar-refractivity contribution in [3.8, 4) is 0 Å². The molecule has 1 amide bonds. The first kappa shape index (κ1) is 11.2. The first-order chi connectivity index (χ1) is 6.70. The van der Waals surface area contributed by atoms with Crippen molar-refractivity contribution < 1.29 is 4.79 Å². The molecule has 3 nitrogen and oxygen atoms in total. The zero-order chi connectivity index (χ0) is 10.6. The standard InChI is InChI=1S/C10H16N2OS/c1-3-12(4-2)10(13)8-6-5-7-11-9(8)14/h6H,3-5,7H2,1-2H3,(H,11,14). The van der Waals surface area contributed by atoms with E-state index in [1.165, 1.54) is 0 Å². The van der Waals surface area contributed by atoms with Gasteiger partial charge in [0.05, 0.1) is 5.57 Å². The zero-order valence-electron chi connectivity index (χ0n) is 8.67. The van der Waals surface area contributed by atoms with Crippen molar-refractivity contribution in [1.29, 1.82) is 0 Å². The molecule has 0 bridgehead atoms. The minimum Gasteiger partial charge on any atom is -0.375 e. The van der Waals surface area contributed by atoms with Crippen LogP contribution in [-0.2, 0) is 4.79 Å². The van der Waals surface area contributed by atoms with Gasteiger partial charge < -0.3 is 10.2 Å². The van der Waals surface area contributed by atoms with Crippen LogP contribution in [0.3, 0.4) is 0 Å². The van der Waals surface area contributed by atoms with Crippen LogP contribution < -0.4 is 5.32 Å². The SMILES string of the molecule is CCN(CC)C(=O)C1=CCCNC1=S. The number of thiocarbonyl (C=S) groups is 1. The first-order valence-corrected chi connectivity index (χ1v) is 5.39. The van der Waals surface area contributed by atoms with E-state index in [2.05, 4.69) is 5.32 Å². The summed E-state index contributed by atoms with van der Waals surface area (Å²) in [7, 11) is 0. The quantitative estimate of drug-likeness (QED) is 0.711. The van der Waals surface area contributed by atoms with Gasteiger partial charge in [0.2, 0.25) is 0 Å². The summed E-state index contributed by atoms with van der Waals surface area (Å²) in [5.74, 6) is 0.0483. The molecule has 1 rings (SSSR count). The molecule has 78 valence electrons. The molecule has 0 saturated carbocycles. The number of nitrogens with one attached hydrogen (secondary N) is 1. The van der Waals surface area contributed by atoms with E-state index in [0.29, 0.717) is 10.6 Å². The molecule has 1 aliphatic rings. The molecule has 0 aromatic heterocycles. The van der Waals surface area contributed by atoms with Crippen molar-refractivity contribution in [1.82, 2.24) is 10.2 Å². The average molecular weight is 212 g/mol. The minimum absolute atomic E-state index is 0.0483. The molecule has 1 N–H and O–H groups in total. The maximum Gasteiger partial charge on any atom is 0.256 e. The Morgan fingerprint density at radius 2 is 2.21 bits per heavy atom. The minimum atomic E-state index is 0.0483. The summed E-state index contributed by atoms with van der Waals surface area (Å²) in [6.45, 7) is 6.25. The number of likely N-dealkylation sites (N-methyl/N-ethyl adjacent to an activating group) is 1. The molecule has 0 unspecified atom stereocenters. The molecule has 0 aromatic rings. The Morgan fingerprint density at radius 3 is 2.71 bits per heavy atom. The largest absolute Gasteiger partial charge is 0.375 e. The van der Waals surface area contributed by atoms with Crippen LogP contribution in [0, 0.1) is 0 Å². The van der Waals surface area contributed by atoms with Crippen LogP contribution in [0.15, 0.2) is 11.6 Å². The Hall–Kier alpha value is -0.900. The number of carbonyl (C=O) groups is 1. The normalized spacial score (nSPS) is 15.9. The predicted octanol–water partition coefficient (Wildman–Crippen LogP) is 1.10. The van der Waals surface area contributed by atoms with Crippen LogP contribution in [0.5, 0.6) is 0 Å². The van der Waals surface area contributed by atoms with Crippen molar-refractivity contribution in [2.45, 2.75) is 20.3 Å². The third kappa shape index (κ3) is 2.32. The summed E-state index contributed by atoms with van der Waals surface area (Å²) in [5.41, 5.74) is 0.662. The van der Waals surface area contributed by atoms with Gasteiger partial charge in [0.25, 0.3) is 5.91 Å². The number of rotatable bonds is 3. The monoisotopic (exact) mass is 212 g/mol. The van der Waals surface area contributed by atoms with Crippen molar-refractivity contribution in [3.63, 3.8) is 0 Å². The Bertz CT molecular complexity index is 269. The van der Waals surface area contributed by atoms with Crippen LogP contribution in [0.2, 0.25) is 0 Å². The van der Waals surface area contributed by atoms with Gasteiger partial charge in [0, 0.05) is 19.6 Å². The highest BCUT2D eigenvalue weighted by atomic mass is 32.1. The van der Waals surface area contributed by atoms with Gasteiger partial charge in [-0.05, 0) is 20.3 Å². The van der Waals surface area contributed by atoms with E-state index in [1.807, 2.05) is 19.9 Å². The molecule has 0 aliphatic carbocycles. The van der Waals surface area contributed by atoms with Crippen molar-refractivity contribution >= 4 is 23.1 Å². The summed E-state index contributed by atoms with van der Waals surface area (Å²) in [6.07, 6.45) is 2.81. The molecule has 0 aromatic carbocycles. The fraction of sp³-hybridized carbons (Fsp3) is 0.600. The third-order valence-corrected chi connectivity index (χ3v) is 2.67. The lowest BCUT2D eigenvalue weighted by Gasteiger charge is -2.23. The molecule has 0 saturated heterocycles. The lowest BCUT2D eigenvalue weighted by atomic mass is 10.1. The lowest BCUT2D eigenvalue weighted by molar-refractivity contribution is -0.126. The van der Waals surface area contributed by atoms with Crippen LogP contribution in [-0.4, -0.2) is 35.4 Å². The topological polar surface area (TPSA) is 32.3 Å². The smallest absolute Gasteiger partial charge is 0.256 e. The number of hydrogen-bond donors (Lipinski definition) is 1. The van der Waals surface area contributed by atoms with E-state index in [9.17, 15) is 4.79 Å². The van der Waals surface area contributed by atoms with E-state index in [0.717, 1.165) is 26.1 Å². The molecule has 0 spiro atoms. The highest BCUT2D eigenvalue weighted by molar-refractivity contribution is 7.80. The summed E-state index contributed by atoms with van der Waals surface area (Å²) < 4.78 is 0. The van der Waals surface area contributed by atoms with Crippen LogP contribution in [0.1, 0.15) is 20.3 Å². The Labute approximate surface area is 90.2 Å². The highest BCUT2D eigenvalue weighted by Gasteiger charge is 2.20. The highest BCUT2D eigenvalue weighted by Crippen LogP contribution is 2.08. The summed E-state index contributed by atoms with van der Waals surface area (Å²) in [5, 5.41) is 3.03. The fourth-order valence-corrected chi connectivity index (χ4v) is 1.73. The van der Waals surface area contributed by atoms with E-state index in [-0.39, 0.29) is 5.91 Å². The summed E-state index contributed by atoms with van der Waals surface area (Å²) in [6, 6.07) is 0. The maximum atomic E-state index is 11.9. The molecule has 1 heterocycles. The third-order valence-electron chi connectivity index (χ3n) is 2.30. The second-order valence-electron chi connectivity index (χ2n) is 3.14. The lowest BCUT2D eigenvalue weighted by Crippen LogP contribution is -2.39. The molecule has 0 atom stereocenters. The molecular weight excluding hydrogens is 196 g/mol. The Morgan fingerprint density at radius 1 is 1.57 bits per heavy atom. The van der Waals surface area contributed by atoms with Crippen LogP contribution in [0.4, 0.5) is 0 Å². The number of carbonyl (C=O) groups excluding carboxylic acids is 1. The van der Waals surface area contributed by atoms with Gasteiger partial charge in [-0.15, -0.1) is 0 Å². The van der Waals surface area contributed by atoms with Gasteiger partial charge in [-0.25, -0.2) is 0 Å². The molecule has 0 fully saturated rings.